The maximum Gasteiger partial charge on any atom is 0.157 e. The van der Waals surface area contributed by atoms with E-state index in [-0.39, 0.29) is 12.1 Å². The number of fused-ring (bicyclic) bond motifs is 1. The molecule has 1 aliphatic heterocycles. The van der Waals surface area contributed by atoms with Gasteiger partial charge in [0.15, 0.2) is 11.4 Å². The zero-order valence-corrected chi connectivity index (χ0v) is 12.8. The van der Waals surface area contributed by atoms with Crippen molar-refractivity contribution in [3.8, 4) is 5.75 Å². The van der Waals surface area contributed by atoms with E-state index < -0.39 is 0 Å². The average Bonchev–Trinajstić information content (AvgIpc) is 3.26. The van der Waals surface area contributed by atoms with Crippen LogP contribution in [0, 0.1) is 0 Å². The molecule has 4 rings (SSSR count). The van der Waals surface area contributed by atoms with E-state index in [1.165, 1.54) is 0 Å². The zero-order chi connectivity index (χ0) is 15.6. The molecule has 0 unspecified atom stereocenters. The number of hydrogen-bond donors (Lipinski definition) is 1. The third-order valence-electron chi connectivity index (χ3n) is 3.94. The lowest BCUT2D eigenvalue weighted by Gasteiger charge is -2.19. The summed E-state index contributed by atoms with van der Waals surface area (Å²) in [5, 5.41) is 7.61. The molecule has 0 spiro atoms. The van der Waals surface area contributed by atoms with Crippen LogP contribution in [-0.2, 0) is 18.3 Å². The highest BCUT2D eigenvalue weighted by atomic mass is 16.5. The summed E-state index contributed by atoms with van der Waals surface area (Å²) in [6.45, 7) is 1.89. The number of ether oxygens (including phenoxy) is 2. The van der Waals surface area contributed by atoms with Gasteiger partial charge in [-0.1, -0.05) is 0 Å². The van der Waals surface area contributed by atoms with Gasteiger partial charge >= 0.3 is 0 Å². The summed E-state index contributed by atoms with van der Waals surface area (Å²) >= 11 is 0. The highest BCUT2D eigenvalue weighted by molar-refractivity contribution is 5.36. The van der Waals surface area contributed by atoms with Gasteiger partial charge < -0.3 is 14.8 Å². The molecule has 0 saturated carbocycles. The highest BCUT2D eigenvalue weighted by Crippen LogP contribution is 2.16. The molecule has 3 aromatic heterocycles. The number of hydrogen-bond acceptors (Lipinski definition) is 6. The van der Waals surface area contributed by atoms with Crippen LogP contribution in [0.4, 0.5) is 0 Å². The SMILES string of the molecule is Cn1cc(O[C@@H]2COC[C@@H]2NCc2cnc3cnccn23)cn1. The first-order valence-corrected chi connectivity index (χ1v) is 7.52. The first-order valence-electron chi connectivity index (χ1n) is 7.52. The van der Waals surface area contributed by atoms with Gasteiger partial charge in [-0.05, 0) is 0 Å². The van der Waals surface area contributed by atoms with E-state index in [1.807, 2.05) is 30.0 Å². The van der Waals surface area contributed by atoms with Crippen LogP contribution in [0.5, 0.6) is 5.75 Å². The molecule has 23 heavy (non-hydrogen) atoms. The number of aromatic nitrogens is 5. The second-order valence-electron chi connectivity index (χ2n) is 5.58. The second kappa shape index (κ2) is 5.98. The van der Waals surface area contributed by atoms with Crippen molar-refractivity contribution in [3.63, 3.8) is 0 Å². The Labute approximate surface area is 133 Å². The Bertz CT molecular complexity index is 798. The van der Waals surface area contributed by atoms with Crippen molar-refractivity contribution >= 4 is 5.65 Å². The normalized spacial score (nSPS) is 21.1. The first-order chi connectivity index (χ1) is 11.3. The van der Waals surface area contributed by atoms with Crippen LogP contribution >= 0.6 is 0 Å². The molecule has 0 amide bonds. The van der Waals surface area contributed by atoms with Gasteiger partial charge in [0.05, 0.1) is 49.7 Å². The van der Waals surface area contributed by atoms with Crippen LogP contribution in [0.3, 0.4) is 0 Å². The van der Waals surface area contributed by atoms with Crippen molar-refractivity contribution in [2.45, 2.75) is 18.7 Å². The molecule has 0 radical (unpaired) electrons. The maximum absolute atomic E-state index is 5.96. The van der Waals surface area contributed by atoms with Gasteiger partial charge in [-0.25, -0.2) is 4.98 Å². The van der Waals surface area contributed by atoms with Gasteiger partial charge in [-0.2, -0.15) is 5.10 Å². The van der Waals surface area contributed by atoms with Crippen LogP contribution in [0.1, 0.15) is 5.69 Å². The summed E-state index contributed by atoms with van der Waals surface area (Å²) in [5.41, 5.74) is 1.92. The standard InChI is InChI=1S/C15H18N6O2/c1-20-8-12(6-19-20)23-14-10-22-9-13(14)17-4-11-5-18-15-7-16-2-3-21(11)15/h2-3,5-8,13-14,17H,4,9-10H2,1H3/t13-,14+/m0/s1. The molecule has 2 atom stereocenters. The Kier molecular flexibility index (Phi) is 3.68. The number of imidazole rings is 1. The Morgan fingerprint density at radius 3 is 3.17 bits per heavy atom. The van der Waals surface area contributed by atoms with E-state index in [1.54, 1.807) is 23.3 Å². The lowest BCUT2D eigenvalue weighted by Crippen LogP contribution is -2.41. The monoisotopic (exact) mass is 314 g/mol. The number of rotatable bonds is 5. The van der Waals surface area contributed by atoms with Crippen molar-refractivity contribution in [2.75, 3.05) is 13.2 Å². The highest BCUT2D eigenvalue weighted by Gasteiger charge is 2.30. The fourth-order valence-corrected chi connectivity index (χ4v) is 2.74. The molecule has 8 heteroatoms. The summed E-state index contributed by atoms with van der Waals surface area (Å²) < 4.78 is 15.3. The molecule has 0 aliphatic carbocycles. The molecule has 0 bridgehead atoms. The largest absolute Gasteiger partial charge is 0.483 e. The van der Waals surface area contributed by atoms with Crippen molar-refractivity contribution in [3.05, 3.63) is 42.9 Å². The van der Waals surface area contributed by atoms with Gasteiger partial charge in [0, 0.05) is 26.0 Å². The van der Waals surface area contributed by atoms with Crippen LogP contribution in [-0.4, -0.2) is 49.5 Å². The van der Waals surface area contributed by atoms with Gasteiger partial charge in [0.2, 0.25) is 0 Å². The Hall–Kier alpha value is -2.45. The Morgan fingerprint density at radius 2 is 2.30 bits per heavy atom. The Balaban J connectivity index is 1.41. The maximum atomic E-state index is 5.96. The van der Waals surface area contributed by atoms with Crippen molar-refractivity contribution < 1.29 is 9.47 Å². The van der Waals surface area contributed by atoms with Crippen molar-refractivity contribution in [2.24, 2.45) is 7.05 Å². The predicted octanol–water partition coefficient (Wildman–Crippen LogP) is 0.399. The third kappa shape index (κ3) is 2.90. The van der Waals surface area contributed by atoms with Crippen LogP contribution in [0.15, 0.2) is 37.2 Å². The van der Waals surface area contributed by atoms with E-state index in [9.17, 15) is 0 Å². The van der Waals surface area contributed by atoms with Crippen molar-refractivity contribution in [1.29, 1.82) is 0 Å². The minimum Gasteiger partial charge on any atom is -0.483 e. The molecule has 1 fully saturated rings. The quantitative estimate of drug-likeness (QED) is 0.734. The minimum absolute atomic E-state index is 0.0277. The van der Waals surface area contributed by atoms with Gasteiger partial charge in [0.1, 0.15) is 6.10 Å². The molecule has 120 valence electrons. The molecule has 3 aromatic rings. The lowest BCUT2D eigenvalue weighted by atomic mass is 10.2. The summed E-state index contributed by atoms with van der Waals surface area (Å²) in [4.78, 5) is 8.41. The third-order valence-corrected chi connectivity index (χ3v) is 3.94. The van der Waals surface area contributed by atoms with E-state index in [2.05, 4.69) is 20.4 Å². The fraction of sp³-hybridized carbons (Fsp3) is 0.400. The molecular weight excluding hydrogens is 296 g/mol. The fourth-order valence-electron chi connectivity index (χ4n) is 2.74. The van der Waals surface area contributed by atoms with Crippen LogP contribution in [0.25, 0.3) is 5.65 Å². The summed E-state index contributed by atoms with van der Waals surface area (Å²) in [6.07, 6.45) is 10.8. The molecule has 1 aliphatic rings. The Morgan fingerprint density at radius 1 is 1.35 bits per heavy atom. The van der Waals surface area contributed by atoms with Crippen LogP contribution in [0.2, 0.25) is 0 Å². The van der Waals surface area contributed by atoms with Gasteiger partial charge in [-0.15, -0.1) is 0 Å². The van der Waals surface area contributed by atoms with E-state index in [0.717, 1.165) is 17.1 Å². The summed E-state index contributed by atoms with van der Waals surface area (Å²) in [5.74, 6) is 0.760. The molecule has 1 N–H and O–H groups in total. The van der Waals surface area contributed by atoms with E-state index in [4.69, 9.17) is 9.47 Å². The average molecular weight is 314 g/mol. The van der Waals surface area contributed by atoms with Crippen molar-refractivity contribution in [1.82, 2.24) is 29.5 Å². The number of nitrogens with zero attached hydrogens (tertiary/aromatic N) is 5. The number of aryl methyl sites for hydroxylation is 1. The van der Waals surface area contributed by atoms with Gasteiger partial charge in [-0.3, -0.25) is 14.1 Å². The smallest absolute Gasteiger partial charge is 0.157 e. The minimum atomic E-state index is -0.0277. The number of nitrogens with one attached hydrogen (secondary N) is 1. The summed E-state index contributed by atoms with van der Waals surface area (Å²) in [6, 6.07) is 0.127. The molecule has 0 aromatic carbocycles. The van der Waals surface area contributed by atoms with Gasteiger partial charge in [0.25, 0.3) is 0 Å². The summed E-state index contributed by atoms with van der Waals surface area (Å²) in [7, 11) is 1.87. The molecule has 1 saturated heterocycles. The first kappa shape index (κ1) is 14.2. The molecule has 8 nitrogen and oxygen atoms in total. The van der Waals surface area contributed by atoms with E-state index in [0.29, 0.717) is 19.8 Å². The zero-order valence-electron chi connectivity index (χ0n) is 12.8. The lowest BCUT2D eigenvalue weighted by molar-refractivity contribution is 0.139. The van der Waals surface area contributed by atoms with E-state index >= 15 is 0 Å². The molecular formula is C15H18N6O2. The second-order valence-corrected chi connectivity index (χ2v) is 5.58. The van der Waals surface area contributed by atoms with Crippen LogP contribution < -0.4 is 10.1 Å². The topological polar surface area (TPSA) is 78.5 Å². The molecule has 4 heterocycles. The predicted molar refractivity (Wildman–Crippen MR) is 82.1 cm³/mol.